The molecule has 3 aromatic heterocycles. The van der Waals surface area contributed by atoms with Crippen LogP contribution in [0.5, 0.6) is 11.6 Å². The maximum Gasteiger partial charge on any atom is 0.224 e. The van der Waals surface area contributed by atoms with Gasteiger partial charge in [-0.2, -0.15) is 0 Å². The predicted octanol–water partition coefficient (Wildman–Crippen LogP) is 2.86. The average Bonchev–Trinajstić information content (AvgIpc) is 3.49. The number of benzene rings is 1. The van der Waals surface area contributed by atoms with Gasteiger partial charge in [-0.25, -0.2) is 15.0 Å². The van der Waals surface area contributed by atoms with Crippen LogP contribution in [0.1, 0.15) is 15.9 Å². The molecule has 152 valence electrons. The van der Waals surface area contributed by atoms with Crippen LogP contribution >= 0.6 is 0 Å². The third-order valence-electron chi connectivity index (χ3n) is 4.46. The fourth-order valence-electron chi connectivity index (χ4n) is 2.89. The summed E-state index contributed by atoms with van der Waals surface area (Å²) in [6.45, 7) is 2.23. The number of aromatic nitrogens is 5. The molecular weight excluding hydrogens is 382 g/mol. The van der Waals surface area contributed by atoms with Gasteiger partial charge >= 0.3 is 0 Å². The van der Waals surface area contributed by atoms with E-state index in [0.717, 1.165) is 0 Å². The van der Waals surface area contributed by atoms with E-state index in [9.17, 15) is 4.79 Å². The normalized spacial score (nSPS) is 10.7. The van der Waals surface area contributed by atoms with Crippen molar-refractivity contribution < 1.29 is 14.3 Å². The summed E-state index contributed by atoms with van der Waals surface area (Å²) >= 11 is 0. The first-order chi connectivity index (χ1) is 14.8. The van der Waals surface area contributed by atoms with Crippen LogP contribution in [-0.2, 0) is 13.1 Å². The highest BCUT2D eigenvalue weighted by atomic mass is 16.5. The van der Waals surface area contributed by atoms with Crippen molar-refractivity contribution in [1.82, 2.24) is 24.1 Å². The Hall–Kier alpha value is -3.94. The first-order valence-electron chi connectivity index (χ1n) is 9.56. The summed E-state index contributed by atoms with van der Waals surface area (Å²) in [5.41, 5.74) is 0.973. The summed E-state index contributed by atoms with van der Waals surface area (Å²) in [6.07, 6.45) is 12.2. The summed E-state index contributed by atoms with van der Waals surface area (Å²) < 4.78 is 15.3. The molecule has 0 spiro atoms. The number of carbonyl (C=O) groups excluding carboxylic acids is 1. The third-order valence-corrected chi connectivity index (χ3v) is 4.46. The van der Waals surface area contributed by atoms with Crippen molar-refractivity contribution >= 4 is 5.78 Å². The number of hydrogen-bond donors (Lipinski definition) is 0. The molecule has 0 aliphatic carbocycles. The number of hydrogen-bond acceptors (Lipinski definition) is 6. The van der Waals surface area contributed by atoms with Gasteiger partial charge in [0.1, 0.15) is 19.0 Å². The molecule has 4 rings (SSSR count). The lowest BCUT2D eigenvalue weighted by Gasteiger charge is -2.11. The van der Waals surface area contributed by atoms with Gasteiger partial charge in [0.25, 0.3) is 0 Å². The molecule has 0 N–H and O–H groups in total. The van der Waals surface area contributed by atoms with E-state index in [-0.39, 0.29) is 5.78 Å². The zero-order valence-corrected chi connectivity index (χ0v) is 16.3. The molecular formula is C22H21N5O3. The second kappa shape index (κ2) is 9.51. The molecule has 0 radical (unpaired) electrons. The molecule has 8 heteroatoms. The van der Waals surface area contributed by atoms with Crippen molar-refractivity contribution in [3.8, 4) is 11.6 Å². The zero-order chi connectivity index (χ0) is 20.6. The van der Waals surface area contributed by atoms with E-state index in [1.807, 2.05) is 21.5 Å². The van der Waals surface area contributed by atoms with Crippen LogP contribution in [0.15, 0.2) is 80.0 Å². The minimum Gasteiger partial charge on any atom is -0.492 e. The van der Waals surface area contributed by atoms with E-state index in [1.54, 1.807) is 67.6 Å². The van der Waals surface area contributed by atoms with Gasteiger partial charge in [0.05, 0.1) is 31.3 Å². The van der Waals surface area contributed by atoms with Gasteiger partial charge < -0.3 is 18.6 Å². The highest BCUT2D eigenvalue weighted by Crippen LogP contribution is 2.21. The summed E-state index contributed by atoms with van der Waals surface area (Å²) in [4.78, 5) is 25.2. The van der Waals surface area contributed by atoms with Crippen molar-refractivity contribution in [2.24, 2.45) is 0 Å². The lowest BCUT2D eigenvalue weighted by atomic mass is 10.0. The van der Waals surface area contributed by atoms with Gasteiger partial charge in [0.15, 0.2) is 5.78 Å². The second-order valence-corrected chi connectivity index (χ2v) is 6.51. The van der Waals surface area contributed by atoms with E-state index in [0.29, 0.717) is 49.1 Å². The van der Waals surface area contributed by atoms with Gasteiger partial charge in [-0.15, -0.1) is 0 Å². The molecule has 3 heterocycles. The number of carbonyl (C=O) groups is 1. The molecule has 0 bridgehead atoms. The Kier molecular flexibility index (Phi) is 6.14. The fraction of sp³-hybridized carbons (Fsp3) is 0.182. The smallest absolute Gasteiger partial charge is 0.224 e. The van der Waals surface area contributed by atoms with Gasteiger partial charge in [0.2, 0.25) is 5.88 Å². The van der Waals surface area contributed by atoms with Crippen molar-refractivity contribution in [2.45, 2.75) is 13.1 Å². The predicted molar refractivity (Wildman–Crippen MR) is 110 cm³/mol. The van der Waals surface area contributed by atoms with E-state index < -0.39 is 0 Å². The van der Waals surface area contributed by atoms with Crippen LogP contribution in [-0.4, -0.2) is 43.1 Å². The number of imidazole rings is 2. The minimum atomic E-state index is -0.148. The monoisotopic (exact) mass is 403 g/mol. The van der Waals surface area contributed by atoms with Crippen molar-refractivity contribution in [1.29, 1.82) is 0 Å². The molecule has 30 heavy (non-hydrogen) atoms. The standard InChI is InChI=1S/C22H21N5O3/c28-21(18-3-5-19(6-4-18)29-14-12-26-10-8-23-16-26)20-2-1-7-25-22(20)30-15-13-27-11-9-24-17-27/h1-11,16-17H,12-15H2. The summed E-state index contributed by atoms with van der Waals surface area (Å²) in [5, 5.41) is 0. The number of pyridine rings is 1. The molecule has 0 unspecified atom stereocenters. The first-order valence-corrected chi connectivity index (χ1v) is 9.56. The molecule has 8 nitrogen and oxygen atoms in total. The summed E-state index contributed by atoms with van der Waals surface area (Å²) in [7, 11) is 0. The Balaban J connectivity index is 1.36. The number of ketones is 1. The summed E-state index contributed by atoms with van der Waals surface area (Å²) in [6, 6.07) is 10.5. The van der Waals surface area contributed by atoms with Crippen LogP contribution in [0.4, 0.5) is 0 Å². The van der Waals surface area contributed by atoms with Crippen LogP contribution in [0.2, 0.25) is 0 Å². The SMILES string of the molecule is O=C(c1ccc(OCCn2ccnc2)cc1)c1cccnc1OCCn1ccnc1. The summed E-state index contributed by atoms with van der Waals surface area (Å²) in [5.74, 6) is 0.878. The average molecular weight is 403 g/mol. The van der Waals surface area contributed by atoms with E-state index in [2.05, 4.69) is 15.0 Å². The molecule has 1 aromatic carbocycles. The van der Waals surface area contributed by atoms with Crippen LogP contribution in [0.25, 0.3) is 0 Å². The Morgan fingerprint density at radius 1 is 0.833 bits per heavy atom. The van der Waals surface area contributed by atoms with E-state index in [4.69, 9.17) is 9.47 Å². The van der Waals surface area contributed by atoms with Gasteiger partial charge in [0, 0.05) is 36.5 Å². The number of nitrogens with zero attached hydrogens (tertiary/aromatic N) is 5. The molecule has 4 aromatic rings. The van der Waals surface area contributed by atoms with Crippen molar-refractivity contribution in [2.75, 3.05) is 13.2 Å². The molecule has 0 fully saturated rings. The Labute approximate surface area is 173 Å². The zero-order valence-electron chi connectivity index (χ0n) is 16.3. The second-order valence-electron chi connectivity index (χ2n) is 6.51. The molecule has 0 saturated heterocycles. The van der Waals surface area contributed by atoms with Crippen molar-refractivity contribution in [3.05, 3.63) is 91.2 Å². The Morgan fingerprint density at radius 2 is 1.50 bits per heavy atom. The van der Waals surface area contributed by atoms with Crippen LogP contribution in [0, 0.1) is 0 Å². The minimum absolute atomic E-state index is 0.148. The largest absolute Gasteiger partial charge is 0.492 e. The van der Waals surface area contributed by atoms with E-state index in [1.165, 1.54) is 0 Å². The van der Waals surface area contributed by atoms with Gasteiger partial charge in [-0.3, -0.25) is 4.79 Å². The molecule has 0 atom stereocenters. The third kappa shape index (κ3) is 4.91. The number of ether oxygens (including phenoxy) is 2. The van der Waals surface area contributed by atoms with Crippen molar-refractivity contribution in [3.63, 3.8) is 0 Å². The van der Waals surface area contributed by atoms with Crippen LogP contribution in [0.3, 0.4) is 0 Å². The molecule has 0 aliphatic rings. The van der Waals surface area contributed by atoms with Gasteiger partial charge in [-0.05, 0) is 36.4 Å². The maximum atomic E-state index is 13.0. The molecule has 0 aliphatic heterocycles. The Bertz CT molecular complexity index is 1060. The lowest BCUT2D eigenvalue weighted by molar-refractivity contribution is 0.103. The fourth-order valence-corrected chi connectivity index (χ4v) is 2.89. The quantitative estimate of drug-likeness (QED) is 0.379. The first kappa shape index (κ1) is 19.4. The maximum absolute atomic E-state index is 13.0. The van der Waals surface area contributed by atoms with Gasteiger partial charge in [-0.1, -0.05) is 0 Å². The molecule has 0 amide bonds. The topological polar surface area (TPSA) is 84.1 Å². The van der Waals surface area contributed by atoms with E-state index >= 15 is 0 Å². The highest BCUT2D eigenvalue weighted by Gasteiger charge is 2.16. The van der Waals surface area contributed by atoms with Crippen LogP contribution < -0.4 is 9.47 Å². The highest BCUT2D eigenvalue weighted by molar-refractivity contribution is 6.10. The number of rotatable bonds is 10. The lowest BCUT2D eigenvalue weighted by Crippen LogP contribution is -2.11. The Morgan fingerprint density at radius 3 is 2.13 bits per heavy atom. The molecule has 0 saturated carbocycles.